The van der Waals surface area contributed by atoms with E-state index in [9.17, 15) is 0 Å². The van der Waals surface area contributed by atoms with Gasteiger partial charge in [-0.3, -0.25) is 0 Å². The van der Waals surface area contributed by atoms with Crippen molar-refractivity contribution in [2.24, 2.45) is 0 Å². The number of rotatable bonds is 2. The average molecular weight is 261 g/mol. The zero-order chi connectivity index (χ0) is 12.4. The second-order valence-corrected chi connectivity index (χ2v) is 5.62. The maximum atomic E-state index is 5.77. The van der Waals surface area contributed by atoms with Crippen LogP contribution in [0.25, 0.3) is 10.9 Å². The molecule has 2 aromatic rings. The van der Waals surface area contributed by atoms with Crippen molar-refractivity contribution in [3.8, 4) is 0 Å². The Kier molecular flexibility index (Phi) is 3.34. The molecular weight excluding hydrogens is 246 g/mol. The fourth-order valence-electron chi connectivity index (χ4n) is 2.11. The van der Waals surface area contributed by atoms with Gasteiger partial charge in [0.15, 0.2) is 0 Å². The Morgan fingerprint density at radius 2 is 1.94 bits per heavy atom. The van der Waals surface area contributed by atoms with Gasteiger partial charge >= 0.3 is 0 Å². The molecule has 0 spiro atoms. The second-order valence-electron chi connectivity index (χ2n) is 4.33. The quantitative estimate of drug-likeness (QED) is 0.841. The summed E-state index contributed by atoms with van der Waals surface area (Å²) >= 11 is 1.80. The van der Waals surface area contributed by atoms with E-state index in [4.69, 9.17) is 10.5 Å². The van der Waals surface area contributed by atoms with Gasteiger partial charge in [-0.25, -0.2) is 9.97 Å². The van der Waals surface area contributed by atoms with E-state index in [-0.39, 0.29) is 0 Å². The molecule has 0 radical (unpaired) electrons. The molecule has 1 aromatic carbocycles. The third-order valence-electron chi connectivity index (χ3n) is 3.03. The molecule has 2 heterocycles. The van der Waals surface area contributed by atoms with Gasteiger partial charge < -0.3 is 10.5 Å². The molecule has 5 heteroatoms. The SMILES string of the molecule is Nc1nc(SC2CCOCC2)c2ccccc2n1. The third kappa shape index (κ3) is 2.42. The summed E-state index contributed by atoms with van der Waals surface area (Å²) in [6, 6.07) is 8.01. The highest BCUT2D eigenvalue weighted by molar-refractivity contribution is 8.00. The van der Waals surface area contributed by atoms with E-state index in [0.717, 1.165) is 42.0 Å². The van der Waals surface area contributed by atoms with Gasteiger partial charge in [0.1, 0.15) is 5.03 Å². The Morgan fingerprint density at radius 1 is 1.17 bits per heavy atom. The van der Waals surface area contributed by atoms with Crippen LogP contribution in [-0.4, -0.2) is 28.4 Å². The maximum absolute atomic E-state index is 5.77. The van der Waals surface area contributed by atoms with E-state index in [2.05, 4.69) is 16.0 Å². The lowest BCUT2D eigenvalue weighted by Gasteiger charge is -2.21. The van der Waals surface area contributed by atoms with Crippen LogP contribution in [0.1, 0.15) is 12.8 Å². The summed E-state index contributed by atoms with van der Waals surface area (Å²) in [5, 5.41) is 2.64. The molecule has 0 bridgehead atoms. The lowest BCUT2D eigenvalue weighted by atomic mass is 10.2. The molecule has 1 fully saturated rings. The van der Waals surface area contributed by atoms with Gasteiger partial charge in [-0.2, -0.15) is 0 Å². The van der Waals surface area contributed by atoms with Crippen LogP contribution in [0.4, 0.5) is 5.95 Å². The van der Waals surface area contributed by atoms with Gasteiger partial charge in [-0.1, -0.05) is 18.2 Å². The molecule has 0 aliphatic carbocycles. The fraction of sp³-hybridized carbons (Fsp3) is 0.385. The minimum atomic E-state index is 0.350. The number of nitrogen functional groups attached to an aromatic ring is 1. The first-order valence-corrected chi connectivity index (χ1v) is 6.97. The number of anilines is 1. The predicted octanol–water partition coefficient (Wildman–Crippen LogP) is 2.48. The van der Waals surface area contributed by atoms with E-state index < -0.39 is 0 Å². The summed E-state index contributed by atoms with van der Waals surface area (Å²) in [6.07, 6.45) is 2.14. The Balaban J connectivity index is 1.94. The zero-order valence-corrected chi connectivity index (χ0v) is 10.8. The summed E-state index contributed by atoms with van der Waals surface area (Å²) in [5.74, 6) is 0.350. The average Bonchev–Trinajstić information content (AvgIpc) is 2.40. The number of aromatic nitrogens is 2. The molecule has 1 aromatic heterocycles. The first-order valence-electron chi connectivity index (χ1n) is 6.09. The number of para-hydroxylation sites is 1. The summed E-state index contributed by atoms with van der Waals surface area (Å²) in [5.41, 5.74) is 6.69. The van der Waals surface area contributed by atoms with E-state index in [1.165, 1.54) is 0 Å². The Hall–Kier alpha value is -1.33. The van der Waals surface area contributed by atoms with Gasteiger partial charge in [-0.15, -0.1) is 11.8 Å². The number of hydrogen-bond acceptors (Lipinski definition) is 5. The minimum absolute atomic E-state index is 0.350. The number of fused-ring (bicyclic) bond motifs is 1. The Morgan fingerprint density at radius 3 is 2.78 bits per heavy atom. The molecule has 94 valence electrons. The lowest BCUT2D eigenvalue weighted by Crippen LogP contribution is -2.17. The molecule has 0 unspecified atom stereocenters. The number of thioether (sulfide) groups is 1. The molecular formula is C13H15N3OS. The third-order valence-corrected chi connectivity index (χ3v) is 4.37. The highest BCUT2D eigenvalue weighted by Crippen LogP contribution is 2.33. The molecule has 0 saturated carbocycles. The van der Waals surface area contributed by atoms with Gasteiger partial charge in [0.2, 0.25) is 5.95 Å². The number of benzene rings is 1. The van der Waals surface area contributed by atoms with Crippen molar-refractivity contribution in [2.75, 3.05) is 18.9 Å². The van der Waals surface area contributed by atoms with Crippen molar-refractivity contribution >= 4 is 28.6 Å². The monoisotopic (exact) mass is 261 g/mol. The second kappa shape index (κ2) is 5.12. The molecule has 1 aliphatic rings. The zero-order valence-electron chi connectivity index (χ0n) is 10.0. The largest absolute Gasteiger partial charge is 0.381 e. The first-order chi connectivity index (χ1) is 8.83. The van der Waals surface area contributed by atoms with Crippen molar-refractivity contribution in [3.63, 3.8) is 0 Å². The van der Waals surface area contributed by atoms with Crippen molar-refractivity contribution < 1.29 is 4.74 Å². The standard InChI is InChI=1S/C13H15N3OS/c14-13-15-11-4-2-1-3-10(11)12(16-13)18-9-5-7-17-8-6-9/h1-4,9H,5-8H2,(H2,14,15,16). The van der Waals surface area contributed by atoms with Gasteiger partial charge in [0.05, 0.1) is 5.52 Å². The van der Waals surface area contributed by atoms with Crippen LogP contribution in [0.15, 0.2) is 29.3 Å². The number of nitrogens with zero attached hydrogens (tertiary/aromatic N) is 2. The van der Waals surface area contributed by atoms with Crippen LogP contribution in [-0.2, 0) is 4.74 Å². The number of ether oxygens (including phenoxy) is 1. The molecule has 0 atom stereocenters. The predicted molar refractivity (Wildman–Crippen MR) is 73.6 cm³/mol. The Bertz CT molecular complexity index is 555. The number of hydrogen-bond donors (Lipinski definition) is 1. The van der Waals surface area contributed by atoms with Crippen molar-refractivity contribution in [2.45, 2.75) is 23.1 Å². The normalized spacial score (nSPS) is 17.1. The van der Waals surface area contributed by atoms with E-state index in [1.54, 1.807) is 11.8 Å². The molecule has 0 amide bonds. The van der Waals surface area contributed by atoms with Crippen LogP contribution in [0, 0.1) is 0 Å². The minimum Gasteiger partial charge on any atom is -0.381 e. The topological polar surface area (TPSA) is 61.0 Å². The summed E-state index contributed by atoms with van der Waals surface area (Å²) < 4.78 is 5.38. The fourth-order valence-corrected chi connectivity index (χ4v) is 3.30. The molecule has 4 nitrogen and oxygen atoms in total. The molecule has 3 rings (SSSR count). The van der Waals surface area contributed by atoms with E-state index >= 15 is 0 Å². The molecule has 1 aliphatic heterocycles. The highest BCUT2D eigenvalue weighted by Gasteiger charge is 2.17. The van der Waals surface area contributed by atoms with Crippen molar-refractivity contribution in [1.82, 2.24) is 9.97 Å². The first kappa shape index (κ1) is 11.7. The van der Waals surface area contributed by atoms with Crippen LogP contribution in [0.2, 0.25) is 0 Å². The van der Waals surface area contributed by atoms with Crippen molar-refractivity contribution in [3.05, 3.63) is 24.3 Å². The summed E-state index contributed by atoms with van der Waals surface area (Å²) in [7, 11) is 0. The summed E-state index contributed by atoms with van der Waals surface area (Å²) in [4.78, 5) is 8.64. The van der Waals surface area contributed by atoms with Crippen LogP contribution in [0.5, 0.6) is 0 Å². The molecule has 1 saturated heterocycles. The molecule has 18 heavy (non-hydrogen) atoms. The van der Waals surface area contributed by atoms with E-state index in [0.29, 0.717) is 11.2 Å². The smallest absolute Gasteiger partial charge is 0.221 e. The van der Waals surface area contributed by atoms with Crippen LogP contribution >= 0.6 is 11.8 Å². The van der Waals surface area contributed by atoms with Crippen LogP contribution in [0.3, 0.4) is 0 Å². The maximum Gasteiger partial charge on any atom is 0.221 e. The summed E-state index contributed by atoms with van der Waals surface area (Å²) in [6.45, 7) is 1.69. The Labute approximate surface area is 110 Å². The van der Waals surface area contributed by atoms with Gasteiger partial charge in [-0.05, 0) is 18.9 Å². The highest BCUT2D eigenvalue weighted by atomic mass is 32.2. The van der Waals surface area contributed by atoms with E-state index in [1.807, 2.05) is 18.2 Å². The number of nitrogens with two attached hydrogens (primary N) is 1. The van der Waals surface area contributed by atoms with Crippen LogP contribution < -0.4 is 5.73 Å². The van der Waals surface area contributed by atoms with Gasteiger partial charge in [0.25, 0.3) is 0 Å². The van der Waals surface area contributed by atoms with Gasteiger partial charge in [0, 0.05) is 23.8 Å². The lowest BCUT2D eigenvalue weighted by molar-refractivity contribution is 0.1000. The molecule has 2 N–H and O–H groups in total. The van der Waals surface area contributed by atoms with Crippen molar-refractivity contribution in [1.29, 1.82) is 0 Å².